The van der Waals surface area contributed by atoms with E-state index in [1.54, 1.807) is 29.8 Å². The number of carbonyl (C=O) groups is 1. The summed E-state index contributed by atoms with van der Waals surface area (Å²) in [5.74, 6) is -0.711. The number of aromatic amines is 1. The minimum Gasteiger partial charge on any atom is -0.349 e. The van der Waals surface area contributed by atoms with E-state index in [0.29, 0.717) is 27.9 Å². The maximum Gasteiger partial charge on any atom is 0.327 e. The predicted molar refractivity (Wildman–Crippen MR) is 106 cm³/mol. The van der Waals surface area contributed by atoms with Crippen LogP contribution in [0.4, 0.5) is 4.39 Å². The third kappa shape index (κ3) is 3.21. The van der Waals surface area contributed by atoms with Crippen LogP contribution in [0.2, 0.25) is 0 Å². The molecule has 0 radical (unpaired) electrons. The number of fused-ring (bicyclic) bond motifs is 1. The molecule has 1 aromatic carbocycles. The Bertz CT molecular complexity index is 1130. The van der Waals surface area contributed by atoms with Gasteiger partial charge in [-0.05, 0) is 62.4 Å². The SMILES string of the molecule is CC[C@@H](C)n1c(=O)[nH]c2cc(-c3cc(C(=O)NC4CC4)cc(F)c3C)cnc21. The fraction of sp³-hybridized carbons (Fsp3) is 0.381. The zero-order valence-corrected chi connectivity index (χ0v) is 16.2. The van der Waals surface area contributed by atoms with Crippen molar-refractivity contribution in [1.29, 1.82) is 0 Å². The van der Waals surface area contributed by atoms with Gasteiger partial charge in [-0.3, -0.25) is 9.36 Å². The van der Waals surface area contributed by atoms with E-state index in [1.165, 1.54) is 6.07 Å². The summed E-state index contributed by atoms with van der Waals surface area (Å²) in [6.45, 7) is 5.64. The highest BCUT2D eigenvalue weighted by Gasteiger charge is 2.25. The van der Waals surface area contributed by atoms with Crippen molar-refractivity contribution in [2.45, 2.75) is 52.1 Å². The second-order valence-corrected chi connectivity index (χ2v) is 7.53. The Morgan fingerprint density at radius 2 is 2.14 bits per heavy atom. The van der Waals surface area contributed by atoms with Crippen molar-refractivity contribution in [1.82, 2.24) is 19.9 Å². The molecule has 0 aliphatic heterocycles. The monoisotopic (exact) mass is 382 g/mol. The summed E-state index contributed by atoms with van der Waals surface area (Å²) in [5, 5.41) is 2.88. The highest BCUT2D eigenvalue weighted by Crippen LogP contribution is 2.29. The maximum absolute atomic E-state index is 14.5. The summed E-state index contributed by atoms with van der Waals surface area (Å²) in [5.41, 5.74) is 2.92. The second kappa shape index (κ2) is 6.89. The molecule has 0 saturated heterocycles. The van der Waals surface area contributed by atoms with Crippen LogP contribution in [0.3, 0.4) is 0 Å². The Balaban J connectivity index is 1.79. The molecule has 3 aromatic rings. The third-order valence-corrected chi connectivity index (χ3v) is 5.42. The van der Waals surface area contributed by atoms with Crippen molar-refractivity contribution < 1.29 is 9.18 Å². The van der Waals surface area contributed by atoms with Gasteiger partial charge in [0, 0.05) is 29.4 Å². The molecule has 28 heavy (non-hydrogen) atoms. The molecule has 1 fully saturated rings. The largest absolute Gasteiger partial charge is 0.349 e. The van der Waals surface area contributed by atoms with Crippen molar-refractivity contribution in [3.05, 3.63) is 51.8 Å². The minimum absolute atomic E-state index is 0.0215. The van der Waals surface area contributed by atoms with Crippen LogP contribution in [-0.2, 0) is 0 Å². The molecule has 4 rings (SSSR count). The Hall–Kier alpha value is -2.96. The number of imidazole rings is 1. The van der Waals surface area contributed by atoms with Crippen LogP contribution in [0.5, 0.6) is 0 Å². The summed E-state index contributed by atoms with van der Waals surface area (Å²) in [6, 6.07) is 4.96. The first-order valence-corrected chi connectivity index (χ1v) is 9.60. The lowest BCUT2D eigenvalue weighted by molar-refractivity contribution is 0.0950. The Kier molecular flexibility index (Phi) is 4.53. The number of nitrogens with zero attached hydrogens (tertiary/aromatic N) is 2. The topological polar surface area (TPSA) is 79.8 Å². The van der Waals surface area contributed by atoms with E-state index in [-0.39, 0.29) is 29.2 Å². The van der Waals surface area contributed by atoms with Crippen LogP contribution >= 0.6 is 0 Å². The number of aromatic nitrogens is 3. The second-order valence-electron chi connectivity index (χ2n) is 7.53. The number of halogens is 1. The van der Waals surface area contributed by atoms with E-state index in [1.807, 2.05) is 13.8 Å². The zero-order chi connectivity index (χ0) is 20.0. The summed E-state index contributed by atoms with van der Waals surface area (Å²) >= 11 is 0. The van der Waals surface area contributed by atoms with E-state index in [0.717, 1.165) is 19.3 Å². The van der Waals surface area contributed by atoms with Gasteiger partial charge in [-0.1, -0.05) is 6.92 Å². The average molecular weight is 382 g/mol. The molecule has 2 N–H and O–H groups in total. The molecule has 1 aliphatic carbocycles. The highest BCUT2D eigenvalue weighted by molar-refractivity contribution is 5.96. The number of carbonyl (C=O) groups excluding carboxylic acids is 1. The molecule has 0 spiro atoms. The van der Waals surface area contributed by atoms with Gasteiger partial charge in [-0.15, -0.1) is 0 Å². The van der Waals surface area contributed by atoms with Crippen molar-refractivity contribution in [3.63, 3.8) is 0 Å². The van der Waals surface area contributed by atoms with Crippen LogP contribution in [0.15, 0.2) is 29.2 Å². The van der Waals surface area contributed by atoms with Gasteiger partial charge < -0.3 is 10.3 Å². The quantitative estimate of drug-likeness (QED) is 0.706. The van der Waals surface area contributed by atoms with Gasteiger partial charge in [-0.2, -0.15) is 0 Å². The number of H-pyrrole nitrogens is 1. The van der Waals surface area contributed by atoms with Crippen LogP contribution in [0.1, 0.15) is 55.1 Å². The fourth-order valence-corrected chi connectivity index (χ4v) is 3.36. The molecule has 1 atom stereocenters. The molecule has 2 heterocycles. The van der Waals surface area contributed by atoms with E-state index >= 15 is 0 Å². The van der Waals surface area contributed by atoms with Gasteiger partial charge in [0.25, 0.3) is 5.91 Å². The van der Waals surface area contributed by atoms with Gasteiger partial charge in [-0.25, -0.2) is 14.2 Å². The minimum atomic E-state index is -0.441. The van der Waals surface area contributed by atoms with Crippen molar-refractivity contribution >= 4 is 17.1 Å². The van der Waals surface area contributed by atoms with Gasteiger partial charge >= 0.3 is 5.69 Å². The lowest BCUT2D eigenvalue weighted by atomic mass is 9.98. The Morgan fingerprint density at radius 1 is 1.39 bits per heavy atom. The first kappa shape index (κ1) is 18.4. The summed E-state index contributed by atoms with van der Waals surface area (Å²) in [4.78, 5) is 32.0. The molecule has 0 unspecified atom stereocenters. The number of pyridine rings is 1. The summed E-state index contributed by atoms with van der Waals surface area (Å²) in [6.07, 6.45) is 4.36. The lowest BCUT2D eigenvalue weighted by Gasteiger charge is -2.12. The average Bonchev–Trinajstić information content (AvgIpc) is 3.42. The fourth-order valence-electron chi connectivity index (χ4n) is 3.36. The highest BCUT2D eigenvalue weighted by atomic mass is 19.1. The lowest BCUT2D eigenvalue weighted by Crippen LogP contribution is -2.25. The molecular weight excluding hydrogens is 359 g/mol. The molecule has 6 nitrogen and oxygen atoms in total. The zero-order valence-electron chi connectivity index (χ0n) is 16.2. The van der Waals surface area contributed by atoms with Gasteiger partial charge in [0.05, 0.1) is 5.52 Å². The first-order valence-electron chi connectivity index (χ1n) is 9.60. The van der Waals surface area contributed by atoms with Gasteiger partial charge in [0.2, 0.25) is 0 Å². The number of amides is 1. The number of benzene rings is 1. The van der Waals surface area contributed by atoms with Gasteiger partial charge in [0.1, 0.15) is 5.82 Å². The maximum atomic E-state index is 14.5. The number of hydrogen-bond acceptors (Lipinski definition) is 3. The van der Waals surface area contributed by atoms with Crippen molar-refractivity contribution in [3.8, 4) is 11.1 Å². The van der Waals surface area contributed by atoms with E-state index in [2.05, 4.69) is 15.3 Å². The normalized spacial score (nSPS) is 15.0. The Morgan fingerprint density at radius 3 is 2.82 bits per heavy atom. The van der Waals surface area contributed by atoms with Crippen LogP contribution < -0.4 is 11.0 Å². The molecule has 0 bridgehead atoms. The molecule has 1 saturated carbocycles. The third-order valence-electron chi connectivity index (χ3n) is 5.42. The molecule has 1 amide bonds. The van der Waals surface area contributed by atoms with Crippen molar-refractivity contribution in [2.75, 3.05) is 0 Å². The molecule has 1 aliphatic rings. The molecule has 146 valence electrons. The summed E-state index contributed by atoms with van der Waals surface area (Å²) in [7, 11) is 0. The Labute approximate surface area is 161 Å². The first-order chi connectivity index (χ1) is 13.4. The van der Waals surface area contributed by atoms with E-state index < -0.39 is 5.82 Å². The van der Waals surface area contributed by atoms with Crippen LogP contribution in [0, 0.1) is 12.7 Å². The van der Waals surface area contributed by atoms with Crippen LogP contribution in [-0.4, -0.2) is 26.5 Å². The number of hydrogen-bond donors (Lipinski definition) is 2. The summed E-state index contributed by atoms with van der Waals surface area (Å²) < 4.78 is 16.1. The molecular formula is C21H23FN4O2. The predicted octanol–water partition coefficient (Wildman–Crippen LogP) is 3.70. The number of nitrogens with one attached hydrogen (secondary N) is 2. The number of rotatable bonds is 5. The van der Waals surface area contributed by atoms with Crippen LogP contribution in [0.25, 0.3) is 22.3 Å². The van der Waals surface area contributed by atoms with E-state index in [9.17, 15) is 14.0 Å². The van der Waals surface area contributed by atoms with Crippen molar-refractivity contribution in [2.24, 2.45) is 0 Å². The van der Waals surface area contributed by atoms with Gasteiger partial charge in [0.15, 0.2) is 5.65 Å². The molecule has 2 aromatic heterocycles. The smallest absolute Gasteiger partial charge is 0.327 e. The standard InChI is InChI=1S/C21H23FN4O2/c1-4-11(2)26-19-18(25-21(26)28)9-14(10-23-19)16-7-13(8-17(22)12(16)3)20(27)24-15-5-6-15/h7-11,15H,4-6H2,1-3H3,(H,24,27)(H,25,28)/t11-/m1/s1. The molecule has 7 heteroatoms. The van der Waals surface area contributed by atoms with E-state index in [4.69, 9.17) is 0 Å².